The quantitative estimate of drug-likeness (QED) is 0.158. The van der Waals surface area contributed by atoms with Crippen LogP contribution in [-0.4, -0.2) is 92.0 Å². The second kappa shape index (κ2) is 13.5. The van der Waals surface area contributed by atoms with Crippen LogP contribution in [0.15, 0.2) is 12.2 Å². The number of aliphatic hydroxyl groups excluding tert-OH is 1. The fraction of sp³-hybridized carbons (Fsp3) is 0.650. The number of esters is 4. The molecule has 0 bridgehead atoms. The second-order valence-electron chi connectivity index (χ2n) is 7.06. The molecule has 13 heteroatoms. The van der Waals surface area contributed by atoms with Gasteiger partial charge >= 0.3 is 23.9 Å². The van der Waals surface area contributed by atoms with Crippen LogP contribution in [0.5, 0.6) is 0 Å². The molecular weight excluding hydrogens is 446 g/mol. The third-order valence-electron chi connectivity index (χ3n) is 4.05. The molecule has 0 radical (unpaired) electrons. The number of amides is 1. The first kappa shape index (κ1) is 28.0. The fourth-order valence-electron chi connectivity index (χ4n) is 2.69. The van der Waals surface area contributed by atoms with E-state index in [4.69, 9.17) is 28.4 Å². The van der Waals surface area contributed by atoms with Crippen LogP contribution < -0.4 is 5.32 Å². The van der Waals surface area contributed by atoms with E-state index in [9.17, 15) is 29.1 Å². The van der Waals surface area contributed by atoms with Crippen LogP contribution in [0.25, 0.3) is 0 Å². The summed E-state index contributed by atoms with van der Waals surface area (Å²) in [7, 11) is 0. The van der Waals surface area contributed by atoms with E-state index in [-0.39, 0.29) is 18.7 Å². The Labute approximate surface area is 190 Å². The molecule has 0 aromatic rings. The fourth-order valence-corrected chi connectivity index (χ4v) is 2.69. The van der Waals surface area contributed by atoms with Crippen molar-refractivity contribution in [2.75, 3.05) is 26.4 Å². The highest BCUT2D eigenvalue weighted by atomic mass is 16.7. The highest BCUT2D eigenvalue weighted by Gasteiger charge is 2.50. The molecule has 13 nitrogen and oxygen atoms in total. The molecule has 0 aromatic heterocycles. The van der Waals surface area contributed by atoms with Crippen molar-refractivity contribution in [3.05, 3.63) is 12.2 Å². The van der Waals surface area contributed by atoms with Crippen molar-refractivity contribution in [2.45, 2.75) is 58.4 Å². The van der Waals surface area contributed by atoms with Gasteiger partial charge in [0.15, 0.2) is 18.5 Å². The molecule has 186 valence electrons. The van der Waals surface area contributed by atoms with E-state index in [1.54, 1.807) is 0 Å². The average Bonchev–Trinajstić information content (AvgIpc) is 2.71. The summed E-state index contributed by atoms with van der Waals surface area (Å²) in [5, 5.41) is 13.0. The Hall–Kier alpha value is -3.03. The molecule has 0 aromatic carbocycles. The minimum atomic E-state index is -1.64. The summed E-state index contributed by atoms with van der Waals surface area (Å²) in [6.07, 6.45) is -7.03. The van der Waals surface area contributed by atoms with E-state index in [0.717, 1.165) is 20.8 Å². The molecule has 1 heterocycles. The Morgan fingerprint density at radius 2 is 1.55 bits per heavy atom. The summed E-state index contributed by atoms with van der Waals surface area (Å²) in [6.45, 7) is 7.15. The third kappa shape index (κ3) is 9.97. The van der Waals surface area contributed by atoms with Gasteiger partial charge in [-0.1, -0.05) is 6.58 Å². The monoisotopic (exact) mass is 475 g/mol. The number of ether oxygens (including phenoxy) is 6. The van der Waals surface area contributed by atoms with Gasteiger partial charge in [-0.3, -0.25) is 19.2 Å². The highest BCUT2D eigenvalue weighted by molar-refractivity contribution is 5.87. The molecular formula is C20H29NO12. The van der Waals surface area contributed by atoms with Crippen molar-refractivity contribution in [3.8, 4) is 0 Å². The zero-order chi connectivity index (χ0) is 25.1. The van der Waals surface area contributed by atoms with Gasteiger partial charge in [0, 0.05) is 26.3 Å². The molecule has 2 N–H and O–H groups in total. The summed E-state index contributed by atoms with van der Waals surface area (Å²) in [6, 6.07) is 0. The van der Waals surface area contributed by atoms with Crippen molar-refractivity contribution < 1.29 is 57.5 Å². The Morgan fingerprint density at radius 1 is 0.939 bits per heavy atom. The number of hydrogen-bond acceptors (Lipinski definition) is 12. The predicted molar refractivity (Wildman–Crippen MR) is 107 cm³/mol. The number of hydrogen-bond donors (Lipinski definition) is 2. The largest absolute Gasteiger partial charge is 0.463 e. The van der Waals surface area contributed by atoms with Crippen LogP contribution in [0.4, 0.5) is 0 Å². The number of rotatable bonds is 11. The molecule has 1 amide bonds. The zero-order valence-electron chi connectivity index (χ0n) is 18.9. The maximum Gasteiger partial charge on any atom is 0.333 e. The van der Waals surface area contributed by atoms with Crippen LogP contribution in [0.2, 0.25) is 0 Å². The Morgan fingerprint density at radius 3 is 2.09 bits per heavy atom. The van der Waals surface area contributed by atoms with E-state index >= 15 is 0 Å². The van der Waals surface area contributed by atoms with Crippen molar-refractivity contribution >= 4 is 29.8 Å². The Kier molecular flexibility index (Phi) is 11.5. The molecule has 1 saturated heterocycles. The summed E-state index contributed by atoms with van der Waals surface area (Å²) in [4.78, 5) is 57.5. The van der Waals surface area contributed by atoms with Gasteiger partial charge in [0.25, 0.3) is 0 Å². The molecule has 33 heavy (non-hydrogen) atoms. The molecule has 0 saturated carbocycles. The van der Waals surface area contributed by atoms with Crippen LogP contribution in [-0.2, 0) is 52.4 Å². The van der Waals surface area contributed by atoms with E-state index in [0.29, 0.717) is 0 Å². The van der Waals surface area contributed by atoms with Crippen molar-refractivity contribution in [3.63, 3.8) is 0 Å². The Bertz CT molecular complexity index is 751. The lowest BCUT2D eigenvalue weighted by Crippen LogP contribution is -2.62. The van der Waals surface area contributed by atoms with Gasteiger partial charge in [0.1, 0.15) is 32.0 Å². The van der Waals surface area contributed by atoms with Gasteiger partial charge in [-0.15, -0.1) is 0 Å². The summed E-state index contributed by atoms with van der Waals surface area (Å²) in [5.41, 5.74) is 0.214. The Balaban J connectivity index is 2.77. The zero-order valence-corrected chi connectivity index (χ0v) is 18.9. The van der Waals surface area contributed by atoms with E-state index in [1.165, 1.54) is 6.92 Å². The molecule has 1 fully saturated rings. The lowest BCUT2D eigenvalue weighted by molar-refractivity contribution is -0.304. The number of nitrogens with one attached hydrogen (secondary N) is 1. The predicted octanol–water partition coefficient (Wildman–Crippen LogP) is -1.25. The van der Waals surface area contributed by atoms with Crippen molar-refractivity contribution in [2.24, 2.45) is 0 Å². The number of carbonyl (C=O) groups excluding carboxylic acids is 5. The molecule has 0 unspecified atom stereocenters. The third-order valence-corrected chi connectivity index (χ3v) is 4.05. The van der Waals surface area contributed by atoms with E-state index in [1.807, 2.05) is 0 Å². The number of carbonyl (C=O) groups is 5. The van der Waals surface area contributed by atoms with E-state index < -0.39 is 73.7 Å². The van der Waals surface area contributed by atoms with Gasteiger partial charge in [0.05, 0.1) is 6.54 Å². The molecule has 1 aliphatic rings. The second-order valence-corrected chi connectivity index (χ2v) is 7.06. The standard InChI is InChI=1S/C20H29NO12/c1-10(2)19(27)28-7-6-21-15(25)9-30-20-16(26)18(32-13(5)24)17(31-12(4)23)14(33-20)8-29-11(3)22/h14,16-18,20,26H,1,6-9H2,2-5H3,(H,21,25)/t14-,16-,17-,18-,20+/m1/s1. The lowest BCUT2D eigenvalue weighted by Gasteiger charge is -2.42. The van der Waals surface area contributed by atoms with Gasteiger partial charge in [-0.2, -0.15) is 0 Å². The first-order valence-corrected chi connectivity index (χ1v) is 9.94. The summed E-state index contributed by atoms with van der Waals surface area (Å²) in [5.74, 6) is -3.42. The smallest absolute Gasteiger partial charge is 0.333 e. The molecule has 1 aliphatic heterocycles. The summed E-state index contributed by atoms with van der Waals surface area (Å²) >= 11 is 0. The minimum absolute atomic E-state index is 0.00499. The van der Waals surface area contributed by atoms with Gasteiger partial charge < -0.3 is 38.8 Å². The SMILES string of the molecule is C=C(C)C(=O)OCCNC(=O)CO[C@H]1O[C@H](COC(C)=O)[C@@H](OC(C)=O)[C@H](OC(C)=O)[C@H]1O. The minimum Gasteiger partial charge on any atom is -0.463 e. The lowest BCUT2D eigenvalue weighted by atomic mass is 9.98. The van der Waals surface area contributed by atoms with Crippen LogP contribution in [0, 0.1) is 0 Å². The average molecular weight is 475 g/mol. The van der Waals surface area contributed by atoms with Crippen LogP contribution >= 0.6 is 0 Å². The topological polar surface area (TPSA) is 173 Å². The first-order chi connectivity index (χ1) is 15.4. The van der Waals surface area contributed by atoms with Crippen LogP contribution in [0.3, 0.4) is 0 Å². The highest BCUT2D eigenvalue weighted by Crippen LogP contribution is 2.27. The maximum atomic E-state index is 12.0. The van der Waals surface area contributed by atoms with Crippen molar-refractivity contribution in [1.29, 1.82) is 0 Å². The van der Waals surface area contributed by atoms with E-state index in [2.05, 4.69) is 11.9 Å². The molecule has 1 rings (SSSR count). The first-order valence-electron chi connectivity index (χ1n) is 9.94. The van der Waals surface area contributed by atoms with Crippen molar-refractivity contribution in [1.82, 2.24) is 5.32 Å². The molecule has 0 aliphatic carbocycles. The molecule has 5 atom stereocenters. The maximum absolute atomic E-state index is 12.0. The molecule has 0 spiro atoms. The van der Waals surface area contributed by atoms with Crippen LogP contribution in [0.1, 0.15) is 27.7 Å². The number of aliphatic hydroxyl groups is 1. The van der Waals surface area contributed by atoms with Gasteiger partial charge in [0.2, 0.25) is 5.91 Å². The van der Waals surface area contributed by atoms with Gasteiger partial charge in [-0.05, 0) is 6.92 Å². The van der Waals surface area contributed by atoms with Gasteiger partial charge in [-0.25, -0.2) is 4.79 Å². The normalized spacial score (nSPS) is 24.2. The summed E-state index contributed by atoms with van der Waals surface area (Å²) < 4.78 is 30.8.